The van der Waals surface area contributed by atoms with Crippen molar-refractivity contribution in [3.63, 3.8) is 0 Å². The summed E-state index contributed by atoms with van der Waals surface area (Å²) in [6, 6.07) is 8.30. The van der Waals surface area contributed by atoms with Gasteiger partial charge in [-0.3, -0.25) is 9.69 Å². The van der Waals surface area contributed by atoms with Gasteiger partial charge in [-0.05, 0) is 31.0 Å². The van der Waals surface area contributed by atoms with Crippen molar-refractivity contribution in [2.45, 2.75) is 46.2 Å². The van der Waals surface area contributed by atoms with Crippen molar-refractivity contribution in [3.8, 4) is 0 Å². The number of H-pyrrole nitrogens is 1. The van der Waals surface area contributed by atoms with Crippen LogP contribution in [0.2, 0.25) is 5.15 Å². The predicted octanol–water partition coefficient (Wildman–Crippen LogP) is 3.79. The van der Waals surface area contributed by atoms with E-state index in [1.54, 1.807) is 0 Å². The SMILES string of the molecule is CCCc1nc2c(c(=O)[nH]1)CN(Cc1cc3ccc(C)cc3nc1Cl)CC2. The lowest BCUT2D eigenvalue weighted by Gasteiger charge is -2.28. The van der Waals surface area contributed by atoms with E-state index in [0.29, 0.717) is 18.2 Å². The Hall–Kier alpha value is -2.24. The van der Waals surface area contributed by atoms with E-state index in [1.807, 2.05) is 13.0 Å². The summed E-state index contributed by atoms with van der Waals surface area (Å²) in [7, 11) is 0. The molecule has 5 nitrogen and oxygen atoms in total. The van der Waals surface area contributed by atoms with Gasteiger partial charge in [-0.15, -0.1) is 0 Å². The second-order valence-electron chi connectivity index (χ2n) is 7.28. The van der Waals surface area contributed by atoms with Gasteiger partial charge in [-0.25, -0.2) is 9.97 Å². The number of rotatable bonds is 4. The van der Waals surface area contributed by atoms with Gasteiger partial charge in [0.25, 0.3) is 5.56 Å². The summed E-state index contributed by atoms with van der Waals surface area (Å²) in [5.41, 5.74) is 4.78. The van der Waals surface area contributed by atoms with Crippen molar-refractivity contribution in [2.75, 3.05) is 6.54 Å². The molecule has 0 saturated heterocycles. The Labute approximate surface area is 163 Å². The summed E-state index contributed by atoms with van der Waals surface area (Å²) in [5, 5.41) is 1.62. The fraction of sp³-hybridized carbons (Fsp3) is 0.381. The summed E-state index contributed by atoms with van der Waals surface area (Å²) in [5.74, 6) is 0.798. The van der Waals surface area contributed by atoms with Crippen LogP contribution < -0.4 is 5.56 Å². The van der Waals surface area contributed by atoms with Crippen LogP contribution in [0.4, 0.5) is 0 Å². The third-order valence-electron chi connectivity index (χ3n) is 5.08. The molecular formula is C21H23ClN4O. The van der Waals surface area contributed by atoms with Gasteiger partial charge in [0.1, 0.15) is 11.0 Å². The number of aromatic amines is 1. The maximum atomic E-state index is 12.5. The van der Waals surface area contributed by atoms with Gasteiger partial charge in [0.15, 0.2) is 0 Å². The molecule has 0 radical (unpaired) electrons. The lowest BCUT2D eigenvalue weighted by atomic mass is 10.1. The zero-order chi connectivity index (χ0) is 19.0. The molecule has 0 fully saturated rings. The van der Waals surface area contributed by atoms with E-state index in [2.05, 4.69) is 45.0 Å². The molecule has 0 bridgehead atoms. The highest BCUT2D eigenvalue weighted by molar-refractivity contribution is 6.30. The normalized spacial score (nSPS) is 14.5. The van der Waals surface area contributed by atoms with Crippen molar-refractivity contribution in [3.05, 3.63) is 68.0 Å². The van der Waals surface area contributed by atoms with Gasteiger partial charge in [-0.1, -0.05) is 30.7 Å². The van der Waals surface area contributed by atoms with Gasteiger partial charge >= 0.3 is 0 Å². The van der Waals surface area contributed by atoms with Crippen molar-refractivity contribution < 1.29 is 0 Å². The number of nitrogens with one attached hydrogen (secondary N) is 1. The fourth-order valence-corrected chi connectivity index (χ4v) is 3.88. The van der Waals surface area contributed by atoms with Crippen LogP contribution in [0.25, 0.3) is 10.9 Å². The first-order valence-electron chi connectivity index (χ1n) is 9.42. The number of aryl methyl sites for hydroxylation is 2. The zero-order valence-electron chi connectivity index (χ0n) is 15.7. The number of nitrogens with zero attached hydrogens (tertiary/aromatic N) is 3. The van der Waals surface area contributed by atoms with E-state index in [4.69, 9.17) is 11.6 Å². The summed E-state index contributed by atoms with van der Waals surface area (Å²) >= 11 is 6.44. The Morgan fingerprint density at radius 1 is 1.26 bits per heavy atom. The van der Waals surface area contributed by atoms with Crippen LogP contribution in [0, 0.1) is 6.92 Å². The van der Waals surface area contributed by atoms with Gasteiger partial charge in [-0.2, -0.15) is 0 Å². The molecule has 4 rings (SSSR count). The summed E-state index contributed by atoms with van der Waals surface area (Å²) in [4.78, 5) is 26.8. The molecule has 1 aliphatic rings. The zero-order valence-corrected chi connectivity index (χ0v) is 16.4. The summed E-state index contributed by atoms with van der Waals surface area (Å²) in [6.07, 6.45) is 2.57. The smallest absolute Gasteiger partial charge is 0.255 e. The maximum Gasteiger partial charge on any atom is 0.255 e. The van der Waals surface area contributed by atoms with Crippen LogP contribution in [0.3, 0.4) is 0 Å². The van der Waals surface area contributed by atoms with E-state index in [9.17, 15) is 4.79 Å². The Kier molecular flexibility index (Phi) is 4.98. The second-order valence-corrected chi connectivity index (χ2v) is 7.64. The monoisotopic (exact) mass is 382 g/mol. The number of pyridine rings is 1. The van der Waals surface area contributed by atoms with Crippen molar-refractivity contribution in [2.24, 2.45) is 0 Å². The average molecular weight is 383 g/mol. The molecule has 6 heteroatoms. The van der Waals surface area contributed by atoms with Gasteiger partial charge in [0, 0.05) is 43.4 Å². The largest absolute Gasteiger partial charge is 0.310 e. The molecule has 3 aromatic rings. The summed E-state index contributed by atoms with van der Waals surface area (Å²) < 4.78 is 0. The third-order valence-corrected chi connectivity index (χ3v) is 5.40. The Balaban J connectivity index is 1.58. The molecule has 27 heavy (non-hydrogen) atoms. The minimum atomic E-state index is -0.00800. The number of benzene rings is 1. The Bertz CT molecular complexity index is 1060. The minimum Gasteiger partial charge on any atom is -0.310 e. The molecule has 1 N–H and O–H groups in total. The first-order valence-corrected chi connectivity index (χ1v) is 9.80. The number of halogens is 1. The number of fused-ring (bicyclic) bond motifs is 2. The van der Waals surface area contributed by atoms with E-state index in [-0.39, 0.29) is 5.56 Å². The molecule has 3 heterocycles. The highest BCUT2D eigenvalue weighted by Crippen LogP contribution is 2.24. The van der Waals surface area contributed by atoms with Crippen LogP contribution in [0.1, 0.15) is 41.6 Å². The first-order chi connectivity index (χ1) is 13.0. The predicted molar refractivity (Wildman–Crippen MR) is 108 cm³/mol. The van der Waals surface area contributed by atoms with E-state index >= 15 is 0 Å². The van der Waals surface area contributed by atoms with Gasteiger partial charge in [0.2, 0.25) is 0 Å². The van der Waals surface area contributed by atoms with E-state index in [0.717, 1.165) is 59.4 Å². The van der Waals surface area contributed by atoms with Crippen molar-refractivity contribution in [1.29, 1.82) is 0 Å². The molecule has 0 saturated carbocycles. The van der Waals surface area contributed by atoms with Crippen LogP contribution >= 0.6 is 11.6 Å². The molecule has 2 aromatic heterocycles. The van der Waals surface area contributed by atoms with Crippen LogP contribution in [-0.2, 0) is 25.9 Å². The average Bonchev–Trinajstić information content (AvgIpc) is 2.63. The molecule has 140 valence electrons. The molecule has 0 amide bonds. The molecule has 0 unspecified atom stereocenters. The van der Waals surface area contributed by atoms with E-state index in [1.165, 1.54) is 5.56 Å². The summed E-state index contributed by atoms with van der Waals surface area (Å²) in [6.45, 7) is 6.25. The quantitative estimate of drug-likeness (QED) is 0.697. The topological polar surface area (TPSA) is 61.9 Å². The maximum absolute atomic E-state index is 12.5. The van der Waals surface area contributed by atoms with Gasteiger partial charge in [0.05, 0.1) is 16.8 Å². The molecule has 0 spiro atoms. The van der Waals surface area contributed by atoms with Crippen LogP contribution in [0.5, 0.6) is 0 Å². The Morgan fingerprint density at radius 3 is 2.93 bits per heavy atom. The lowest BCUT2D eigenvalue weighted by molar-refractivity contribution is 0.241. The second kappa shape index (κ2) is 7.41. The van der Waals surface area contributed by atoms with Crippen molar-refractivity contribution in [1.82, 2.24) is 19.9 Å². The third kappa shape index (κ3) is 3.75. The molecular weight excluding hydrogens is 360 g/mol. The number of hydrogen-bond donors (Lipinski definition) is 1. The molecule has 0 aliphatic carbocycles. The fourth-order valence-electron chi connectivity index (χ4n) is 3.67. The highest BCUT2D eigenvalue weighted by Gasteiger charge is 2.22. The highest BCUT2D eigenvalue weighted by atomic mass is 35.5. The standard InChI is InChI=1S/C21H23ClN4O/c1-3-4-19-23-17-7-8-26(12-16(17)21(27)25-19)11-15-10-14-6-5-13(2)9-18(14)24-20(15)22/h5-6,9-10H,3-4,7-8,11-12H2,1-2H3,(H,23,25,27). The molecule has 0 atom stereocenters. The first kappa shape index (κ1) is 18.1. The van der Waals surface area contributed by atoms with Gasteiger partial charge < -0.3 is 4.98 Å². The van der Waals surface area contributed by atoms with Crippen LogP contribution in [-0.4, -0.2) is 26.4 Å². The van der Waals surface area contributed by atoms with Crippen LogP contribution in [0.15, 0.2) is 29.1 Å². The lowest BCUT2D eigenvalue weighted by Crippen LogP contribution is -2.35. The Morgan fingerprint density at radius 2 is 2.11 bits per heavy atom. The minimum absolute atomic E-state index is 0.00800. The van der Waals surface area contributed by atoms with Crippen molar-refractivity contribution >= 4 is 22.5 Å². The number of hydrogen-bond acceptors (Lipinski definition) is 4. The molecule has 1 aromatic carbocycles. The van der Waals surface area contributed by atoms with E-state index < -0.39 is 0 Å². The number of aromatic nitrogens is 3. The molecule has 1 aliphatic heterocycles.